The highest BCUT2D eigenvalue weighted by Crippen LogP contribution is 2.24. The first-order valence-corrected chi connectivity index (χ1v) is 12.7. The van der Waals surface area contributed by atoms with Crippen molar-refractivity contribution in [1.29, 1.82) is 0 Å². The number of sulfonamides is 1. The van der Waals surface area contributed by atoms with Crippen molar-refractivity contribution in [2.24, 2.45) is 0 Å². The molecule has 2 aromatic rings. The molecule has 0 saturated carbocycles. The third kappa shape index (κ3) is 5.86. The Balaban J connectivity index is 1.55. The van der Waals surface area contributed by atoms with Gasteiger partial charge in [0.2, 0.25) is 15.0 Å². The summed E-state index contributed by atoms with van der Waals surface area (Å²) in [6, 6.07) is 6.71. The summed E-state index contributed by atoms with van der Waals surface area (Å²) in [5.74, 6) is -0.992. The van der Waals surface area contributed by atoms with Gasteiger partial charge in [-0.1, -0.05) is 37.3 Å². The maximum Gasteiger partial charge on any atom is 0.324 e. The third-order valence-corrected chi connectivity index (χ3v) is 7.89. The average molecular weight is 467 g/mol. The van der Waals surface area contributed by atoms with Crippen LogP contribution in [-0.4, -0.2) is 53.1 Å². The maximum absolute atomic E-state index is 12.5. The standard InChI is InChI=1S/C20H26N4O5S2/c1-3-12-31(27,28)24-11-5-6-16(24)20(26)29-13-17-22-23-19(30-17)18(25)21-15-9-7-14(4-2)8-10-15/h7-10,16H,3-6,11-13H2,1-2H3,(H,21,25). The number of esters is 1. The lowest BCUT2D eigenvalue weighted by molar-refractivity contribution is -0.148. The van der Waals surface area contributed by atoms with E-state index in [9.17, 15) is 18.0 Å². The van der Waals surface area contributed by atoms with Crippen molar-refractivity contribution >= 4 is 38.9 Å². The molecule has 3 rings (SSSR count). The highest BCUT2D eigenvalue weighted by atomic mass is 32.2. The quantitative estimate of drug-likeness (QED) is 0.564. The van der Waals surface area contributed by atoms with Gasteiger partial charge in [-0.2, -0.15) is 4.31 Å². The molecule has 1 fully saturated rings. The van der Waals surface area contributed by atoms with Gasteiger partial charge in [0.1, 0.15) is 12.6 Å². The molecule has 0 radical (unpaired) electrons. The van der Waals surface area contributed by atoms with Crippen LogP contribution in [0.5, 0.6) is 0 Å². The van der Waals surface area contributed by atoms with E-state index in [0.717, 1.165) is 17.8 Å². The number of amides is 1. The van der Waals surface area contributed by atoms with Crippen molar-refractivity contribution in [3.63, 3.8) is 0 Å². The second-order valence-corrected chi connectivity index (χ2v) is 10.3. The maximum atomic E-state index is 12.5. The molecular weight excluding hydrogens is 440 g/mol. The summed E-state index contributed by atoms with van der Waals surface area (Å²) in [6.07, 6.45) is 2.45. The number of hydrogen-bond acceptors (Lipinski definition) is 8. The summed E-state index contributed by atoms with van der Waals surface area (Å²) in [5, 5.41) is 11.0. The molecule has 0 bridgehead atoms. The van der Waals surface area contributed by atoms with Crippen LogP contribution < -0.4 is 5.32 Å². The lowest BCUT2D eigenvalue weighted by Gasteiger charge is -2.22. The fourth-order valence-corrected chi connectivity index (χ4v) is 5.71. The molecule has 2 heterocycles. The van der Waals surface area contributed by atoms with E-state index in [2.05, 4.69) is 22.4 Å². The molecule has 1 aromatic carbocycles. The SMILES string of the molecule is CCCS(=O)(=O)N1CCCC1C(=O)OCc1nnc(C(=O)Nc2ccc(CC)cc2)s1. The van der Waals surface area contributed by atoms with E-state index in [1.807, 2.05) is 24.3 Å². The van der Waals surface area contributed by atoms with Gasteiger partial charge in [0.15, 0.2) is 5.01 Å². The zero-order chi connectivity index (χ0) is 22.4. The monoisotopic (exact) mass is 466 g/mol. The van der Waals surface area contributed by atoms with E-state index in [-0.39, 0.29) is 17.4 Å². The van der Waals surface area contributed by atoms with E-state index in [1.54, 1.807) is 6.92 Å². The predicted octanol–water partition coefficient (Wildman–Crippen LogP) is 2.60. The molecule has 1 aliphatic rings. The van der Waals surface area contributed by atoms with Crippen molar-refractivity contribution in [3.8, 4) is 0 Å². The first-order valence-electron chi connectivity index (χ1n) is 10.2. The van der Waals surface area contributed by atoms with Gasteiger partial charge in [0, 0.05) is 12.2 Å². The van der Waals surface area contributed by atoms with E-state index >= 15 is 0 Å². The molecule has 1 atom stereocenters. The van der Waals surface area contributed by atoms with Crippen LogP contribution in [0.4, 0.5) is 5.69 Å². The molecule has 0 spiro atoms. The summed E-state index contributed by atoms with van der Waals surface area (Å²) < 4.78 is 31.2. The molecule has 1 N–H and O–H groups in total. The Hall–Kier alpha value is -2.37. The Kier molecular flexibility index (Phi) is 7.74. The largest absolute Gasteiger partial charge is 0.457 e. The third-order valence-electron chi connectivity index (χ3n) is 4.91. The number of nitrogens with one attached hydrogen (secondary N) is 1. The number of aromatic nitrogens is 2. The fraction of sp³-hybridized carbons (Fsp3) is 0.500. The summed E-state index contributed by atoms with van der Waals surface area (Å²) in [6.45, 7) is 4.00. The second-order valence-electron chi connectivity index (χ2n) is 7.20. The fourth-order valence-electron chi connectivity index (χ4n) is 3.32. The smallest absolute Gasteiger partial charge is 0.324 e. The van der Waals surface area contributed by atoms with Crippen LogP contribution in [0.3, 0.4) is 0 Å². The van der Waals surface area contributed by atoms with Crippen molar-refractivity contribution in [1.82, 2.24) is 14.5 Å². The number of benzene rings is 1. The number of carbonyl (C=O) groups is 2. The molecule has 1 aliphatic heterocycles. The minimum absolute atomic E-state index is 0.00677. The molecule has 1 amide bonds. The van der Waals surface area contributed by atoms with Crippen LogP contribution in [-0.2, 0) is 32.6 Å². The van der Waals surface area contributed by atoms with Crippen LogP contribution in [0.15, 0.2) is 24.3 Å². The molecule has 9 nitrogen and oxygen atoms in total. The number of rotatable bonds is 9. The van der Waals surface area contributed by atoms with Gasteiger partial charge in [-0.25, -0.2) is 8.42 Å². The Morgan fingerprint density at radius 2 is 1.97 bits per heavy atom. The summed E-state index contributed by atoms with van der Waals surface area (Å²) >= 11 is 1.02. The van der Waals surface area contributed by atoms with Crippen LogP contribution >= 0.6 is 11.3 Å². The van der Waals surface area contributed by atoms with Crippen LogP contribution in [0, 0.1) is 0 Å². The summed E-state index contributed by atoms with van der Waals surface area (Å²) in [5.41, 5.74) is 1.82. The molecule has 1 unspecified atom stereocenters. The van der Waals surface area contributed by atoms with Crippen LogP contribution in [0.1, 0.15) is 53.5 Å². The van der Waals surface area contributed by atoms with Crippen LogP contribution in [0.2, 0.25) is 0 Å². The first kappa shape index (κ1) is 23.3. The van der Waals surface area contributed by atoms with Crippen LogP contribution in [0.25, 0.3) is 0 Å². The normalized spacial score (nSPS) is 16.9. The van der Waals surface area contributed by atoms with Gasteiger partial charge >= 0.3 is 5.97 Å². The molecular formula is C20H26N4O5S2. The average Bonchev–Trinajstić information content (AvgIpc) is 3.43. The topological polar surface area (TPSA) is 119 Å². The number of ether oxygens (including phenoxy) is 1. The highest BCUT2D eigenvalue weighted by Gasteiger charge is 2.39. The zero-order valence-electron chi connectivity index (χ0n) is 17.5. The van der Waals surface area contributed by atoms with Gasteiger partial charge < -0.3 is 10.1 Å². The number of hydrogen-bond donors (Lipinski definition) is 1. The lowest BCUT2D eigenvalue weighted by atomic mass is 10.1. The van der Waals surface area contributed by atoms with E-state index in [0.29, 0.717) is 36.5 Å². The van der Waals surface area contributed by atoms with Gasteiger partial charge in [0.05, 0.1) is 5.75 Å². The van der Waals surface area contributed by atoms with E-state index in [1.165, 1.54) is 9.87 Å². The van der Waals surface area contributed by atoms with Gasteiger partial charge in [-0.3, -0.25) is 9.59 Å². The molecule has 31 heavy (non-hydrogen) atoms. The zero-order valence-corrected chi connectivity index (χ0v) is 19.2. The minimum Gasteiger partial charge on any atom is -0.457 e. The molecule has 0 aliphatic carbocycles. The number of aryl methyl sites for hydroxylation is 1. The summed E-state index contributed by atoms with van der Waals surface area (Å²) in [4.78, 5) is 24.8. The number of anilines is 1. The Labute approximate surface area is 185 Å². The van der Waals surface area contributed by atoms with Crippen molar-refractivity contribution in [2.45, 2.75) is 52.2 Å². The second kappa shape index (κ2) is 10.3. The predicted molar refractivity (Wildman–Crippen MR) is 117 cm³/mol. The molecule has 168 valence electrons. The lowest BCUT2D eigenvalue weighted by Crippen LogP contribution is -2.42. The Morgan fingerprint density at radius 3 is 2.65 bits per heavy atom. The molecule has 11 heteroatoms. The summed E-state index contributed by atoms with van der Waals surface area (Å²) in [7, 11) is -3.47. The molecule has 1 saturated heterocycles. The van der Waals surface area contributed by atoms with Crippen molar-refractivity contribution in [3.05, 3.63) is 39.8 Å². The first-order chi connectivity index (χ1) is 14.8. The van der Waals surface area contributed by atoms with Crippen molar-refractivity contribution in [2.75, 3.05) is 17.6 Å². The van der Waals surface area contributed by atoms with Gasteiger partial charge in [-0.15, -0.1) is 10.2 Å². The molecule has 1 aromatic heterocycles. The number of nitrogens with zero attached hydrogens (tertiary/aromatic N) is 3. The number of carbonyl (C=O) groups excluding carboxylic acids is 2. The van der Waals surface area contributed by atoms with E-state index < -0.39 is 27.9 Å². The Morgan fingerprint density at radius 1 is 1.23 bits per heavy atom. The van der Waals surface area contributed by atoms with Crippen molar-refractivity contribution < 1.29 is 22.7 Å². The Bertz CT molecular complexity index is 1020. The van der Waals surface area contributed by atoms with Gasteiger partial charge in [0.25, 0.3) is 5.91 Å². The minimum atomic E-state index is -3.47. The van der Waals surface area contributed by atoms with Gasteiger partial charge in [-0.05, 0) is 43.4 Å². The van der Waals surface area contributed by atoms with E-state index in [4.69, 9.17) is 4.74 Å². The highest BCUT2D eigenvalue weighted by molar-refractivity contribution is 7.89.